The minimum absolute atomic E-state index is 0.0275. The number of rotatable bonds is 5. The molecule has 1 aromatic carbocycles. The van der Waals surface area contributed by atoms with Gasteiger partial charge in [0.25, 0.3) is 0 Å². The maximum absolute atomic E-state index is 12.0. The molecule has 0 saturated carbocycles. The Morgan fingerprint density at radius 3 is 2.80 bits per heavy atom. The fourth-order valence-corrected chi connectivity index (χ4v) is 2.02. The summed E-state index contributed by atoms with van der Waals surface area (Å²) in [5, 5.41) is 9.05. The lowest BCUT2D eigenvalue weighted by Crippen LogP contribution is -2.53. The second kappa shape index (κ2) is 7.02. The molecular weight excluding hydrogens is 262 g/mol. The van der Waals surface area contributed by atoms with Gasteiger partial charge in [0.05, 0.1) is 19.8 Å². The predicted octanol–water partition coefficient (Wildman–Crippen LogP) is 0.515. The number of hydrogen-bond donors (Lipinski definition) is 1. The van der Waals surface area contributed by atoms with Crippen LogP contribution < -0.4 is 0 Å². The summed E-state index contributed by atoms with van der Waals surface area (Å²) in [6.07, 6.45) is 0. The van der Waals surface area contributed by atoms with E-state index in [1.54, 1.807) is 0 Å². The van der Waals surface area contributed by atoms with Crippen LogP contribution in [0, 0.1) is 0 Å². The van der Waals surface area contributed by atoms with Gasteiger partial charge in [0.2, 0.25) is 5.91 Å². The molecular formula is C14H17NO5. The van der Waals surface area contributed by atoms with Gasteiger partial charge < -0.3 is 19.5 Å². The Kier molecular flexibility index (Phi) is 5.09. The van der Waals surface area contributed by atoms with Gasteiger partial charge in [0.1, 0.15) is 6.61 Å². The lowest BCUT2D eigenvalue weighted by atomic mass is 10.2. The van der Waals surface area contributed by atoms with E-state index in [-0.39, 0.29) is 25.7 Å². The molecule has 1 saturated heterocycles. The van der Waals surface area contributed by atoms with Crippen molar-refractivity contribution >= 4 is 11.9 Å². The average Bonchev–Trinajstić information content (AvgIpc) is 2.48. The van der Waals surface area contributed by atoms with Crippen molar-refractivity contribution in [2.24, 2.45) is 0 Å². The molecule has 108 valence electrons. The van der Waals surface area contributed by atoms with Gasteiger partial charge in [-0.2, -0.15) is 0 Å². The number of benzene rings is 1. The zero-order valence-electron chi connectivity index (χ0n) is 11.0. The van der Waals surface area contributed by atoms with Crippen LogP contribution in [-0.4, -0.2) is 54.3 Å². The molecule has 1 N–H and O–H groups in total. The maximum atomic E-state index is 12.0. The Balaban J connectivity index is 1.83. The van der Waals surface area contributed by atoms with E-state index in [1.807, 2.05) is 30.3 Å². The Morgan fingerprint density at radius 2 is 2.10 bits per heavy atom. The van der Waals surface area contributed by atoms with Crippen molar-refractivity contribution in [2.45, 2.75) is 12.6 Å². The lowest BCUT2D eigenvalue weighted by molar-refractivity contribution is -0.160. The number of carbonyl (C=O) groups is 2. The van der Waals surface area contributed by atoms with E-state index in [0.717, 1.165) is 5.56 Å². The number of carboxylic acids is 1. The van der Waals surface area contributed by atoms with Crippen LogP contribution in [0.5, 0.6) is 0 Å². The average molecular weight is 279 g/mol. The number of aliphatic carboxylic acids is 1. The highest BCUT2D eigenvalue weighted by molar-refractivity contribution is 5.84. The molecule has 0 unspecified atom stereocenters. The van der Waals surface area contributed by atoms with Crippen molar-refractivity contribution in [3.8, 4) is 0 Å². The molecule has 1 aliphatic rings. The smallest absolute Gasteiger partial charge is 0.328 e. The Morgan fingerprint density at radius 1 is 1.35 bits per heavy atom. The van der Waals surface area contributed by atoms with Gasteiger partial charge in [-0.1, -0.05) is 30.3 Å². The van der Waals surface area contributed by atoms with Gasteiger partial charge >= 0.3 is 5.97 Å². The van der Waals surface area contributed by atoms with Crippen LogP contribution in [0.2, 0.25) is 0 Å². The predicted molar refractivity (Wildman–Crippen MR) is 70.1 cm³/mol. The van der Waals surface area contributed by atoms with Crippen LogP contribution in [0.15, 0.2) is 30.3 Å². The van der Waals surface area contributed by atoms with E-state index in [1.165, 1.54) is 4.90 Å². The maximum Gasteiger partial charge on any atom is 0.328 e. The highest BCUT2D eigenvalue weighted by Crippen LogP contribution is 2.08. The molecule has 1 aliphatic heterocycles. The quantitative estimate of drug-likeness (QED) is 0.850. The van der Waals surface area contributed by atoms with Gasteiger partial charge in [0, 0.05) is 6.54 Å². The molecule has 0 spiro atoms. The van der Waals surface area contributed by atoms with Gasteiger partial charge in [0.15, 0.2) is 6.04 Å². The topological polar surface area (TPSA) is 76.1 Å². The summed E-state index contributed by atoms with van der Waals surface area (Å²) in [6, 6.07) is 8.57. The fourth-order valence-electron chi connectivity index (χ4n) is 2.02. The van der Waals surface area contributed by atoms with Crippen LogP contribution >= 0.6 is 0 Å². The summed E-state index contributed by atoms with van der Waals surface area (Å²) >= 11 is 0. The summed E-state index contributed by atoms with van der Waals surface area (Å²) < 4.78 is 10.4. The molecule has 1 fully saturated rings. The van der Waals surface area contributed by atoms with E-state index >= 15 is 0 Å². The second-order valence-electron chi connectivity index (χ2n) is 4.49. The number of nitrogens with zero attached hydrogens (tertiary/aromatic N) is 1. The third-order valence-electron chi connectivity index (χ3n) is 3.07. The standard InChI is InChI=1S/C14H17NO5/c16-13(10-20-8-11-4-2-1-3-5-11)15-6-7-19-9-12(15)14(17)18/h1-5,12H,6-10H2,(H,17,18)/t12-/m0/s1. The first kappa shape index (κ1) is 14.5. The highest BCUT2D eigenvalue weighted by Gasteiger charge is 2.32. The summed E-state index contributed by atoms with van der Waals surface area (Å²) in [5.74, 6) is -1.38. The second-order valence-corrected chi connectivity index (χ2v) is 4.49. The number of amides is 1. The zero-order chi connectivity index (χ0) is 14.4. The number of carbonyl (C=O) groups excluding carboxylic acids is 1. The number of carboxylic acid groups (broad SMARTS) is 1. The first-order chi connectivity index (χ1) is 9.68. The highest BCUT2D eigenvalue weighted by atomic mass is 16.5. The first-order valence-electron chi connectivity index (χ1n) is 6.40. The molecule has 1 heterocycles. The van der Waals surface area contributed by atoms with Gasteiger partial charge in [-0.25, -0.2) is 4.79 Å². The van der Waals surface area contributed by atoms with Gasteiger partial charge in [-0.3, -0.25) is 4.79 Å². The Bertz CT molecular complexity index is 462. The Labute approximate surface area is 116 Å². The van der Waals surface area contributed by atoms with E-state index in [0.29, 0.717) is 13.2 Å². The van der Waals surface area contributed by atoms with Crippen LogP contribution in [0.4, 0.5) is 0 Å². The molecule has 0 aromatic heterocycles. The Hall–Kier alpha value is -1.92. The molecule has 6 heteroatoms. The first-order valence-corrected chi connectivity index (χ1v) is 6.40. The van der Waals surface area contributed by atoms with E-state index in [2.05, 4.69) is 0 Å². The molecule has 0 radical (unpaired) electrons. The summed E-state index contributed by atoms with van der Waals surface area (Å²) in [5.41, 5.74) is 0.970. The van der Waals surface area contributed by atoms with Crippen LogP contribution in [-0.2, 0) is 25.7 Å². The van der Waals surface area contributed by atoms with Crippen LogP contribution in [0.3, 0.4) is 0 Å². The van der Waals surface area contributed by atoms with Crippen LogP contribution in [0.25, 0.3) is 0 Å². The van der Waals surface area contributed by atoms with Crippen LogP contribution in [0.1, 0.15) is 5.56 Å². The lowest BCUT2D eigenvalue weighted by Gasteiger charge is -2.32. The summed E-state index contributed by atoms with van der Waals surface area (Å²) in [6.45, 7) is 0.867. The molecule has 0 bridgehead atoms. The monoisotopic (exact) mass is 279 g/mol. The molecule has 20 heavy (non-hydrogen) atoms. The van der Waals surface area contributed by atoms with Crippen molar-refractivity contribution in [2.75, 3.05) is 26.4 Å². The molecule has 2 rings (SSSR count). The normalized spacial score (nSPS) is 18.8. The molecule has 1 atom stereocenters. The third-order valence-corrected chi connectivity index (χ3v) is 3.07. The largest absolute Gasteiger partial charge is 0.480 e. The van der Waals surface area contributed by atoms with Crippen molar-refractivity contribution in [3.63, 3.8) is 0 Å². The molecule has 1 aromatic rings. The molecule has 0 aliphatic carbocycles. The van der Waals surface area contributed by atoms with Gasteiger partial charge in [-0.15, -0.1) is 0 Å². The molecule has 6 nitrogen and oxygen atoms in total. The number of hydrogen-bond acceptors (Lipinski definition) is 4. The van der Waals surface area contributed by atoms with Crippen molar-refractivity contribution < 1.29 is 24.2 Å². The SMILES string of the molecule is O=C(O)[C@@H]1COCCN1C(=O)COCc1ccccc1. The van der Waals surface area contributed by atoms with Gasteiger partial charge in [-0.05, 0) is 5.56 Å². The molecule has 1 amide bonds. The fraction of sp³-hybridized carbons (Fsp3) is 0.429. The van der Waals surface area contributed by atoms with E-state index in [9.17, 15) is 9.59 Å². The minimum Gasteiger partial charge on any atom is -0.480 e. The van der Waals surface area contributed by atoms with E-state index in [4.69, 9.17) is 14.6 Å². The summed E-state index contributed by atoms with van der Waals surface area (Å²) in [7, 11) is 0. The number of morpholine rings is 1. The summed E-state index contributed by atoms with van der Waals surface area (Å²) in [4.78, 5) is 24.3. The van der Waals surface area contributed by atoms with E-state index < -0.39 is 12.0 Å². The van der Waals surface area contributed by atoms with Crippen molar-refractivity contribution in [3.05, 3.63) is 35.9 Å². The number of ether oxygens (including phenoxy) is 2. The minimum atomic E-state index is -1.05. The zero-order valence-corrected chi connectivity index (χ0v) is 11.0. The van der Waals surface area contributed by atoms with Crippen molar-refractivity contribution in [1.82, 2.24) is 4.90 Å². The third kappa shape index (κ3) is 3.79. The van der Waals surface area contributed by atoms with Crippen molar-refractivity contribution in [1.29, 1.82) is 0 Å².